The SMILES string of the molecule is COc1cc(C(=O)NCC2CCCN(Cc3cccs3)C2)cc(OC)c1OCC(N)=O. The Hall–Kier alpha value is -2.78. The van der Waals surface area contributed by atoms with Crippen LogP contribution >= 0.6 is 11.3 Å². The summed E-state index contributed by atoms with van der Waals surface area (Å²) in [6.07, 6.45) is 2.22. The Morgan fingerprint density at radius 1 is 1.26 bits per heavy atom. The Bertz CT molecular complexity index is 862. The van der Waals surface area contributed by atoms with Crippen LogP contribution in [0.1, 0.15) is 28.1 Å². The van der Waals surface area contributed by atoms with Gasteiger partial charge in [-0.1, -0.05) is 6.07 Å². The van der Waals surface area contributed by atoms with E-state index in [-0.39, 0.29) is 18.3 Å². The molecule has 0 radical (unpaired) electrons. The number of carbonyl (C=O) groups excluding carboxylic acids is 2. The van der Waals surface area contributed by atoms with E-state index in [9.17, 15) is 9.59 Å². The standard InChI is InChI=1S/C22H29N3O5S/c1-28-18-9-16(10-19(29-2)21(18)30-14-20(23)26)22(27)24-11-15-5-3-7-25(12-15)13-17-6-4-8-31-17/h4,6,8-10,15H,3,5,7,11-14H2,1-2H3,(H2,23,26)(H,24,27). The number of nitrogens with two attached hydrogens (primary N) is 1. The average Bonchev–Trinajstić information content (AvgIpc) is 3.28. The van der Waals surface area contributed by atoms with Gasteiger partial charge in [-0.3, -0.25) is 14.5 Å². The Balaban J connectivity index is 1.61. The van der Waals surface area contributed by atoms with E-state index in [1.165, 1.54) is 19.1 Å². The van der Waals surface area contributed by atoms with Gasteiger partial charge in [-0.2, -0.15) is 0 Å². The summed E-state index contributed by atoms with van der Waals surface area (Å²) in [4.78, 5) is 27.6. The van der Waals surface area contributed by atoms with Crippen LogP contribution < -0.4 is 25.3 Å². The molecule has 1 aromatic heterocycles. The lowest BCUT2D eigenvalue weighted by Crippen LogP contribution is -2.40. The van der Waals surface area contributed by atoms with Gasteiger partial charge in [-0.25, -0.2) is 0 Å². The van der Waals surface area contributed by atoms with Crippen LogP contribution in [0.5, 0.6) is 17.2 Å². The predicted molar refractivity (Wildman–Crippen MR) is 119 cm³/mol. The Labute approximate surface area is 186 Å². The van der Waals surface area contributed by atoms with Crippen LogP contribution in [0, 0.1) is 5.92 Å². The number of methoxy groups -OCH3 is 2. The van der Waals surface area contributed by atoms with Crippen LogP contribution in [0.4, 0.5) is 0 Å². The van der Waals surface area contributed by atoms with E-state index in [0.29, 0.717) is 29.5 Å². The Morgan fingerprint density at radius 3 is 2.61 bits per heavy atom. The second-order valence-corrected chi connectivity index (χ2v) is 8.53. The number of likely N-dealkylation sites (tertiary alicyclic amines) is 1. The number of nitrogens with one attached hydrogen (secondary N) is 1. The van der Waals surface area contributed by atoms with Crippen molar-refractivity contribution < 1.29 is 23.8 Å². The average molecular weight is 448 g/mol. The maximum atomic E-state index is 12.8. The maximum Gasteiger partial charge on any atom is 0.255 e. The number of ether oxygens (including phenoxy) is 3. The van der Waals surface area contributed by atoms with Gasteiger partial charge >= 0.3 is 0 Å². The van der Waals surface area contributed by atoms with Gasteiger partial charge in [0.05, 0.1) is 14.2 Å². The molecule has 31 heavy (non-hydrogen) atoms. The first-order valence-corrected chi connectivity index (χ1v) is 11.1. The molecule has 2 heterocycles. The third kappa shape index (κ3) is 6.35. The summed E-state index contributed by atoms with van der Waals surface area (Å²) in [6.45, 7) is 3.30. The maximum absolute atomic E-state index is 12.8. The van der Waals surface area contributed by atoms with E-state index in [2.05, 4.69) is 27.7 Å². The smallest absolute Gasteiger partial charge is 0.255 e. The second kappa shape index (κ2) is 11.0. The van der Waals surface area contributed by atoms with Crippen LogP contribution in [-0.4, -0.2) is 57.2 Å². The number of thiophene rings is 1. The molecule has 1 saturated heterocycles. The first-order chi connectivity index (χ1) is 15.0. The quantitative estimate of drug-likeness (QED) is 0.579. The highest BCUT2D eigenvalue weighted by Gasteiger charge is 2.22. The third-order valence-electron chi connectivity index (χ3n) is 5.20. The number of primary amides is 1. The molecular formula is C22H29N3O5S. The van der Waals surface area contributed by atoms with Crippen molar-refractivity contribution >= 4 is 23.2 Å². The minimum absolute atomic E-state index is 0.214. The summed E-state index contributed by atoms with van der Waals surface area (Å²) in [6, 6.07) is 7.37. The lowest BCUT2D eigenvalue weighted by atomic mass is 9.97. The van der Waals surface area contributed by atoms with Crippen molar-refractivity contribution in [3.63, 3.8) is 0 Å². The van der Waals surface area contributed by atoms with Gasteiger partial charge in [-0.15, -0.1) is 11.3 Å². The fourth-order valence-electron chi connectivity index (χ4n) is 3.72. The summed E-state index contributed by atoms with van der Waals surface area (Å²) < 4.78 is 16.0. The highest BCUT2D eigenvalue weighted by atomic mass is 32.1. The normalized spacial score (nSPS) is 16.5. The highest BCUT2D eigenvalue weighted by Crippen LogP contribution is 2.38. The van der Waals surface area contributed by atoms with E-state index < -0.39 is 5.91 Å². The van der Waals surface area contributed by atoms with Gasteiger partial charge in [-0.05, 0) is 48.9 Å². The molecule has 1 aliphatic heterocycles. The van der Waals surface area contributed by atoms with Crippen LogP contribution in [0.25, 0.3) is 0 Å². The lowest BCUT2D eigenvalue weighted by molar-refractivity contribution is -0.120. The van der Waals surface area contributed by atoms with Gasteiger partial charge in [0.2, 0.25) is 5.75 Å². The number of piperidine rings is 1. The summed E-state index contributed by atoms with van der Waals surface area (Å²) in [5, 5.41) is 5.13. The van der Waals surface area contributed by atoms with Gasteiger partial charge in [0.15, 0.2) is 18.1 Å². The largest absolute Gasteiger partial charge is 0.493 e. The van der Waals surface area contributed by atoms with Crippen molar-refractivity contribution in [1.29, 1.82) is 0 Å². The van der Waals surface area contributed by atoms with E-state index in [0.717, 1.165) is 32.5 Å². The minimum atomic E-state index is -0.619. The Kier molecular flexibility index (Phi) is 8.13. The molecule has 1 aromatic carbocycles. The molecule has 1 unspecified atom stereocenters. The zero-order valence-electron chi connectivity index (χ0n) is 17.9. The van der Waals surface area contributed by atoms with Crippen molar-refractivity contribution in [3.8, 4) is 17.2 Å². The molecule has 2 amide bonds. The molecule has 0 bridgehead atoms. The molecule has 8 nitrogen and oxygen atoms in total. The predicted octanol–water partition coefficient (Wildman–Crippen LogP) is 2.27. The fourth-order valence-corrected chi connectivity index (χ4v) is 4.47. The third-order valence-corrected chi connectivity index (χ3v) is 6.06. The molecule has 0 saturated carbocycles. The number of hydrogen-bond acceptors (Lipinski definition) is 7. The van der Waals surface area contributed by atoms with E-state index in [1.54, 1.807) is 23.5 Å². The van der Waals surface area contributed by atoms with Crippen molar-refractivity contribution in [2.24, 2.45) is 11.7 Å². The molecule has 9 heteroatoms. The molecule has 0 spiro atoms. The minimum Gasteiger partial charge on any atom is -0.493 e. The summed E-state index contributed by atoms with van der Waals surface area (Å²) in [5.74, 6) is 0.396. The van der Waals surface area contributed by atoms with Crippen LogP contribution in [0.15, 0.2) is 29.6 Å². The van der Waals surface area contributed by atoms with Crippen LogP contribution in [0.3, 0.4) is 0 Å². The molecule has 3 N–H and O–H groups in total. The Morgan fingerprint density at radius 2 is 2.00 bits per heavy atom. The van der Waals surface area contributed by atoms with Gasteiger partial charge in [0, 0.05) is 30.1 Å². The molecular weight excluding hydrogens is 418 g/mol. The molecule has 0 aliphatic carbocycles. The van der Waals surface area contributed by atoms with Crippen LogP contribution in [0.2, 0.25) is 0 Å². The molecule has 168 valence electrons. The fraction of sp³-hybridized carbons (Fsp3) is 0.455. The number of carbonyl (C=O) groups is 2. The topological polar surface area (TPSA) is 103 Å². The summed E-state index contributed by atoms with van der Waals surface area (Å²) in [5.41, 5.74) is 5.54. The van der Waals surface area contributed by atoms with E-state index in [4.69, 9.17) is 19.9 Å². The van der Waals surface area contributed by atoms with Crippen molar-refractivity contribution in [2.45, 2.75) is 19.4 Å². The summed E-state index contributed by atoms with van der Waals surface area (Å²) >= 11 is 1.78. The molecule has 1 aliphatic rings. The highest BCUT2D eigenvalue weighted by molar-refractivity contribution is 7.09. The molecule has 3 rings (SSSR count). The van der Waals surface area contributed by atoms with E-state index >= 15 is 0 Å². The molecule has 2 aromatic rings. The van der Waals surface area contributed by atoms with Crippen molar-refractivity contribution in [3.05, 3.63) is 40.1 Å². The van der Waals surface area contributed by atoms with E-state index in [1.807, 2.05) is 0 Å². The number of benzene rings is 1. The van der Waals surface area contributed by atoms with Crippen molar-refractivity contribution in [1.82, 2.24) is 10.2 Å². The monoisotopic (exact) mass is 447 g/mol. The van der Waals surface area contributed by atoms with Gasteiger partial charge < -0.3 is 25.3 Å². The first kappa shape index (κ1) is 22.9. The summed E-state index contributed by atoms with van der Waals surface area (Å²) in [7, 11) is 2.91. The van der Waals surface area contributed by atoms with Gasteiger partial charge in [0.1, 0.15) is 0 Å². The lowest BCUT2D eigenvalue weighted by Gasteiger charge is -2.32. The van der Waals surface area contributed by atoms with Crippen LogP contribution in [-0.2, 0) is 11.3 Å². The zero-order valence-corrected chi connectivity index (χ0v) is 18.7. The number of hydrogen-bond donors (Lipinski definition) is 2. The zero-order chi connectivity index (χ0) is 22.2. The molecule has 1 atom stereocenters. The second-order valence-electron chi connectivity index (χ2n) is 7.50. The first-order valence-electron chi connectivity index (χ1n) is 10.2. The number of amides is 2. The molecule has 1 fully saturated rings. The van der Waals surface area contributed by atoms with Crippen molar-refractivity contribution in [2.75, 3.05) is 40.5 Å². The number of nitrogens with zero attached hydrogens (tertiary/aromatic N) is 1. The number of rotatable bonds is 10. The van der Waals surface area contributed by atoms with Gasteiger partial charge in [0.25, 0.3) is 11.8 Å².